The Morgan fingerprint density at radius 1 is 1.21 bits per heavy atom. The summed E-state index contributed by atoms with van der Waals surface area (Å²) in [5, 5.41) is 24.0. The van der Waals surface area contributed by atoms with Gasteiger partial charge in [0.2, 0.25) is 5.91 Å². The molecule has 14 heavy (non-hydrogen) atoms. The normalized spacial score (nSPS) is 9.00. The minimum atomic E-state index is -2.00. The van der Waals surface area contributed by atoms with Crippen LogP contribution in [0.15, 0.2) is 5.10 Å². The van der Waals surface area contributed by atoms with Crippen LogP contribution >= 0.6 is 0 Å². The number of rotatable bonds is 4. The van der Waals surface area contributed by atoms with Crippen LogP contribution in [0.1, 0.15) is 13.3 Å². The Bertz CT molecular complexity index is 280. The van der Waals surface area contributed by atoms with Crippen molar-refractivity contribution in [2.45, 2.75) is 13.3 Å². The van der Waals surface area contributed by atoms with Gasteiger partial charge in [0.15, 0.2) is 0 Å². The van der Waals surface area contributed by atoms with Gasteiger partial charge in [-0.3, -0.25) is 4.79 Å². The number of nitrogens with zero attached hydrogens (tertiary/aromatic N) is 2. The molecule has 0 bridgehead atoms. The average molecular weight is 200 g/mol. The van der Waals surface area contributed by atoms with Crippen LogP contribution in [0.3, 0.4) is 0 Å². The Morgan fingerprint density at radius 3 is 1.93 bits per heavy atom. The Morgan fingerprint density at radius 2 is 1.64 bits per heavy atom. The molecule has 0 fully saturated rings. The lowest BCUT2D eigenvalue weighted by atomic mass is 10.4. The molecule has 0 rings (SSSR count). The molecule has 0 saturated heterocycles. The summed E-state index contributed by atoms with van der Waals surface area (Å²) in [7, 11) is 1.14. The molecule has 78 valence electrons. The summed E-state index contributed by atoms with van der Waals surface area (Å²) in [6.45, 7) is 1.52. The number of hydrazone groups is 1. The fraction of sp³-hybridized carbons (Fsp3) is 0.429. The third-order valence-electron chi connectivity index (χ3n) is 1.30. The highest BCUT2D eigenvalue weighted by Crippen LogP contribution is 1.91. The Kier molecular flexibility index (Phi) is 4.27. The summed E-state index contributed by atoms with van der Waals surface area (Å²) in [6.07, 6.45) is 0.0768. The van der Waals surface area contributed by atoms with Crippen LogP contribution in [0.25, 0.3) is 0 Å². The van der Waals surface area contributed by atoms with Crippen molar-refractivity contribution in [3.63, 3.8) is 0 Å². The molecule has 0 aliphatic carbocycles. The summed E-state index contributed by atoms with van der Waals surface area (Å²) in [4.78, 5) is 31.3. The zero-order valence-electron chi connectivity index (χ0n) is 7.64. The van der Waals surface area contributed by atoms with Gasteiger partial charge in [0, 0.05) is 13.5 Å². The lowest BCUT2D eigenvalue weighted by Gasteiger charge is -2.14. The number of carbonyl (C=O) groups excluding carboxylic acids is 3. The van der Waals surface area contributed by atoms with Gasteiger partial charge in [-0.15, -0.1) is 0 Å². The number of hydrogen-bond acceptors (Lipinski definition) is 6. The van der Waals surface area contributed by atoms with Gasteiger partial charge in [0.05, 0.1) is 11.9 Å². The highest BCUT2D eigenvalue weighted by atomic mass is 16.4. The summed E-state index contributed by atoms with van der Waals surface area (Å²) in [5.41, 5.74) is -1.31. The van der Waals surface area contributed by atoms with Gasteiger partial charge >= 0.3 is 0 Å². The fourth-order valence-corrected chi connectivity index (χ4v) is 0.600. The maximum Gasteiger partial charge on any atom is 0.242 e. The Labute approximate surface area is 79.6 Å². The second-order valence-corrected chi connectivity index (χ2v) is 2.29. The first-order valence-corrected chi connectivity index (χ1v) is 3.68. The molecule has 0 unspecified atom stereocenters. The third-order valence-corrected chi connectivity index (χ3v) is 1.30. The van der Waals surface area contributed by atoms with Crippen molar-refractivity contribution in [1.29, 1.82) is 0 Å². The van der Waals surface area contributed by atoms with Gasteiger partial charge in [-0.2, -0.15) is 5.10 Å². The number of hydrogen-bond donors (Lipinski definition) is 0. The highest BCUT2D eigenvalue weighted by molar-refractivity contribution is 6.60. The van der Waals surface area contributed by atoms with Crippen molar-refractivity contribution in [2.75, 3.05) is 7.05 Å². The van der Waals surface area contributed by atoms with Gasteiger partial charge in [-0.05, 0) is 0 Å². The van der Waals surface area contributed by atoms with Gasteiger partial charge in [0.25, 0.3) is 0 Å². The predicted molar refractivity (Wildman–Crippen MR) is 40.5 cm³/mol. The Balaban J connectivity index is 4.83. The molecule has 7 nitrogen and oxygen atoms in total. The van der Waals surface area contributed by atoms with E-state index in [4.69, 9.17) is 0 Å². The Hall–Kier alpha value is -1.92. The molecule has 0 aromatic rings. The first-order chi connectivity index (χ1) is 6.40. The predicted octanol–water partition coefficient (Wildman–Crippen LogP) is -3.29. The minimum Gasteiger partial charge on any atom is -0.543 e. The zero-order chi connectivity index (χ0) is 11.3. The molecule has 7 heteroatoms. The van der Waals surface area contributed by atoms with Crippen molar-refractivity contribution in [3.8, 4) is 0 Å². The van der Waals surface area contributed by atoms with E-state index in [-0.39, 0.29) is 6.42 Å². The minimum absolute atomic E-state index is 0.0768. The highest BCUT2D eigenvalue weighted by Gasteiger charge is 2.08. The van der Waals surface area contributed by atoms with Crippen LogP contribution in [0.5, 0.6) is 0 Å². The van der Waals surface area contributed by atoms with Crippen LogP contribution in [0.4, 0.5) is 0 Å². The van der Waals surface area contributed by atoms with E-state index in [2.05, 4.69) is 5.10 Å². The fourth-order valence-electron chi connectivity index (χ4n) is 0.600. The zero-order valence-corrected chi connectivity index (χ0v) is 7.64. The second kappa shape index (κ2) is 4.95. The molecular weight excluding hydrogens is 192 g/mol. The molecular formula is C7H8N2O5-2. The molecule has 0 heterocycles. The van der Waals surface area contributed by atoms with Gasteiger partial charge in [0.1, 0.15) is 5.71 Å². The van der Waals surface area contributed by atoms with Crippen LogP contribution in [0, 0.1) is 0 Å². The largest absolute Gasteiger partial charge is 0.543 e. The van der Waals surface area contributed by atoms with E-state index in [1.165, 1.54) is 6.92 Å². The van der Waals surface area contributed by atoms with E-state index in [0.29, 0.717) is 5.01 Å². The summed E-state index contributed by atoms with van der Waals surface area (Å²) >= 11 is 0. The first-order valence-electron chi connectivity index (χ1n) is 3.68. The third kappa shape index (κ3) is 3.21. The van der Waals surface area contributed by atoms with Crippen LogP contribution in [0.2, 0.25) is 0 Å². The molecule has 0 saturated carbocycles. The van der Waals surface area contributed by atoms with E-state index in [0.717, 1.165) is 7.05 Å². The maximum absolute atomic E-state index is 10.9. The van der Waals surface area contributed by atoms with Crippen LogP contribution in [-0.4, -0.2) is 35.6 Å². The molecule has 0 aliphatic heterocycles. The molecule has 0 spiro atoms. The van der Waals surface area contributed by atoms with E-state index in [1.807, 2.05) is 0 Å². The summed E-state index contributed by atoms with van der Waals surface area (Å²) in [6, 6.07) is 0. The number of carboxylic acids is 2. The first kappa shape index (κ1) is 12.1. The van der Waals surface area contributed by atoms with E-state index < -0.39 is 23.6 Å². The van der Waals surface area contributed by atoms with Crippen molar-refractivity contribution < 1.29 is 24.6 Å². The topological polar surface area (TPSA) is 113 Å². The number of carboxylic acid groups (broad SMARTS) is 2. The smallest absolute Gasteiger partial charge is 0.242 e. The van der Waals surface area contributed by atoms with Crippen molar-refractivity contribution in [2.24, 2.45) is 5.10 Å². The molecule has 0 atom stereocenters. The van der Waals surface area contributed by atoms with Gasteiger partial charge in [-0.25, -0.2) is 5.01 Å². The monoisotopic (exact) mass is 200 g/mol. The number of aliphatic carboxylic acids is 2. The van der Waals surface area contributed by atoms with Gasteiger partial charge < -0.3 is 19.8 Å². The summed E-state index contributed by atoms with van der Waals surface area (Å²) < 4.78 is 0. The van der Waals surface area contributed by atoms with Crippen molar-refractivity contribution in [1.82, 2.24) is 5.01 Å². The SMILES string of the molecule is CCC(=O)N(C)N=C(C(=O)[O-])C(=O)[O-]. The lowest BCUT2D eigenvalue weighted by Crippen LogP contribution is -2.45. The quantitative estimate of drug-likeness (QED) is 0.268. The summed E-state index contributed by atoms with van der Waals surface area (Å²) in [5.74, 6) is -4.52. The molecule has 0 aliphatic rings. The van der Waals surface area contributed by atoms with Crippen LogP contribution in [-0.2, 0) is 14.4 Å². The second-order valence-electron chi connectivity index (χ2n) is 2.29. The van der Waals surface area contributed by atoms with Gasteiger partial charge in [-0.1, -0.05) is 6.92 Å². The molecule has 0 aromatic heterocycles. The van der Waals surface area contributed by atoms with Crippen molar-refractivity contribution in [3.05, 3.63) is 0 Å². The molecule has 0 radical (unpaired) electrons. The number of carbonyl (C=O) groups is 3. The van der Waals surface area contributed by atoms with E-state index in [9.17, 15) is 24.6 Å². The standard InChI is InChI=1S/C7H10N2O5/c1-3-4(10)9(2)8-5(6(11)12)7(13)14/h3H2,1-2H3,(H,11,12)(H,13,14)/p-2. The van der Waals surface area contributed by atoms with Crippen LogP contribution < -0.4 is 10.2 Å². The van der Waals surface area contributed by atoms with E-state index >= 15 is 0 Å². The van der Waals surface area contributed by atoms with E-state index in [1.54, 1.807) is 0 Å². The molecule has 0 N–H and O–H groups in total. The van der Waals surface area contributed by atoms with Crippen molar-refractivity contribution >= 4 is 23.6 Å². The molecule has 1 amide bonds. The number of amides is 1. The molecule has 0 aromatic carbocycles. The lowest BCUT2D eigenvalue weighted by molar-refractivity contribution is -0.303. The maximum atomic E-state index is 10.9. The average Bonchev–Trinajstić information content (AvgIpc) is 2.11.